The van der Waals surface area contributed by atoms with E-state index in [0.717, 1.165) is 0 Å². The van der Waals surface area contributed by atoms with Gasteiger partial charge in [0.2, 0.25) is 10.0 Å². The molecule has 0 saturated heterocycles. The van der Waals surface area contributed by atoms with Crippen molar-refractivity contribution >= 4 is 16.0 Å². The minimum absolute atomic E-state index is 0.0491. The summed E-state index contributed by atoms with van der Waals surface area (Å²) in [5.74, 6) is -0.513. The van der Waals surface area contributed by atoms with Crippen LogP contribution in [0.3, 0.4) is 0 Å². The summed E-state index contributed by atoms with van der Waals surface area (Å²) < 4.78 is 30.1. The molecule has 6 nitrogen and oxygen atoms in total. The molecule has 1 aromatic rings. The van der Waals surface area contributed by atoms with Crippen molar-refractivity contribution in [2.24, 2.45) is 0 Å². The maximum atomic E-state index is 11.4. The smallest absolute Gasteiger partial charge is 0.306 e. The number of ether oxygens (including phenoxy) is 1. The summed E-state index contributed by atoms with van der Waals surface area (Å²) >= 11 is 0. The van der Waals surface area contributed by atoms with E-state index >= 15 is 0 Å². The van der Waals surface area contributed by atoms with Crippen LogP contribution in [0.1, 0.15) is 6.42 Å². The van der Waals surface area contributed by atoms with Gasteiger partial charge >= 0.3 is 5.97 Å². The lowest BCUT2D eigenvalue weighted by Crippen LogP contribution is -2.18. The van der Waals surface area contributed by atoms with Crippen LogP contribution < -0.4 is 9.46 Å². The quantitative estimate of drug-likeness (QED) is 0.773. The van der Waals surface area contributed by atoms with Gasteiger partial charge in [-0.05, 0) is 31.3 Å². The summed E-state index contributed by atoms with van der Waals surface area (Å²) in [6.45, 7) is 0.0491. The lowest BCUT2D eigenvalue weighted by molar-refractivity contribution is -0.137. The Hall–Kier alpha value is -1.60. The van der Waals surface area contributed by atoms with Crippen molar-refractivity contribution in [2.75, 3.05) is 13.7 Å². The zero-order valence-corrected chi connectivity index (χ0v) is 10.0. The largest absolute Gasteiger partial charge is 0.493 e. The second-order valence-electron chi connectivity index (χ2n) is 3.17. The maximum Gasteiger partial charge on any atom is 0.306 e. The Morgan fingerprint density at radius 1 is 1.35 bits per heavy atom. The first-order valence-corrected chi connectivity index (χ1v) is 6.32. The normalized spacial score (nSPS) is 11.1. The number of hydrogen-bond acceptors (Lipinski definition) is 4. The Kier molecular flexibility index (Phi) is 4.47. The summed E-state index contributed by atoms with van der Waals surface area (Å²) in [7, 11) is -2.12. The van der Waals surface area contributed by atoms with Gasteiger partial charge in [-0.3, -0.25) is 4.79 Å². The first kappa shape index (κ1) is 13.5. The van der Waals surface area contributed by atoms with E-state index in [1.165, 1.54) is 31.3 Å². The monoisotopic (exact) mass is 259 g/mol. The Balaban J connectivity index is 2.66. The van der Waals surface area contributed by atoms with Crippen LogP contribution in [-0.4, -0.2) is 33.1 Å². The Labute approximate surface area is 99.3 Å². The van der Waals surface area contributed by atoms with Crippen molar-refractivity contribution in [1.29, 1.82) is 0 Å². The molecule has 0 aliphatic heterocycles. The van der Waals surface area contributed by atoms with Gasteiger partial charge in [0.05, 0.1) is 17.9 Å². The van der Waals surface area contributed by atoms with E-state index in [0.29, 0.717) is 5.75 Å². The van der Waals surface area contributed by atoms with Crippen molar-refractivity contribution in [3.8, 4) is 5.75 Å². The Morgan fingerprint density at radius 2 is 1.94 bits per heavy atom. The molecule has 94 valence electrons. The Bertz CT molecular complexity index is 480. The molecule has 0 bridgehead atoms. The molecule has 0 unspecified atom stereocenters. The van der Waals surface area contributed by atoms with Crippen LogP contribution in [-0.2, 0) is 14.8 Å². The van der Waals surface area contributed by atoms with Gasteiger partial charge in [0.25, 0.3) is 0 Å². The number of carboxylic acid groups (broad SMARTS) is 1. The molecule has 1 aromatic carbocycles. The first-order chi connectivity index (χ1) is 7.95. The highest BCUT2D eigenvalue weighted by Crippen LogP contribution is 2.15. The van der Waals surface area contributed by atoms with E-state index in [2.05, 4.69) is 4.72 Å². The van der Waals surface area contributed by atoms with E-state index in [4.69, 9.17) is 9.84 Å². The van der Waals surface area contributed by atoms with Crippen LogP contribution in [0.5, 0.6) is 5.75 Å². The molecule has 0 aromatic heterocycles. The number of aliphatic carboxylic acids is 1. The number of nitrogens with one attached hydrogen (secondary N) is 1. The molecule has 0 aliphatic rings. The van der Waals surface area contributed by atoms with Crippen molar-refractivity contribution in [3.05, 3.63) is 24.3 Å². The van der Waals surface area contributed by atoms with Crippen LogP contribution in [0.4, 0.5) is 0 Å². The van der Waals surface area contributed by atoms with Gasteiger partial charge in [-0.2, -0.15) is 0 Å². The predicted molar refractivity (Wildman–Crippen MR) is 60.4 cm³/mol. The third-order valence-electron chi connectivity index (χ3n) is 1.99. The van der Waals surface area contributed by atoms with E-state index in [-0.39, 0.29) is 17.9 Å². The fourth-order valence-electron chi connectivity index (χ4n) is 1.09. The average Bonchev–Trinajstić information content (AvgIpc) is 2.29. The molecule has 17 heavy (non-hydrogen) atoms. The van der Waals surface area contributed by atoms with Crippen LogP contribution in [0.15, 0.2) is 29.2 Å². The minimum Gasteiger partial charge on any atom is -0.493 e. The van der Waals surface area contributed by atoms with Gasteiger partial charge < -0.3 is 9.84 Å². The second kappa shape index (κ2) is 5.65. The Morgan fingerprint density at radius 3 is 2.41 bits per heavy atom. The highest BCUT2D eigenvalue weighted by atomic mass is 32.2. The molecule has 0 heterocycles. The number of hydrogen-bond donors (Lipinski definition) is 2. The third-order valence-corrected chi connectivity index (χ3v) is 3.42. The molecule has 0 spiro atoms. The van der Waals surface area contributed by atoms with Gasteiger partial charge in [-0.15, -0.1) is 0 Å². The fourth-order valence-corrected chi connectivity index (χ4v) is 1.82. The van der Waals surface area contributed by atoms with Gasteiger partial charge in [-0.25, -0.2) is 13.1 Å². The number of carbonyl (C=O) groups is 1. The molecule has 0 aliphatic carbocycles. The highest BCUT2D eigenvalue weighted by molar-refractivity contribution is 7.89. The summed E-state index contributed by atoms with van der Waals surface area (Å²) in [4.78, 5) is 10.4. The summed E-state index contributed by atoms with van der Waals surface area (Å²) in [5.41, 5.74) is 0. The molecule has 0 amide bonds. The molecule has 7 heteroatoms. The first-order valence-electron chi connectivity index (χ1n) is 4.84. The summed E-state index contributed by atoms with van der Waals surface area (Å²) in [5, 5.41) is 8.41. The molecule has 2 N–H and O–H groups in total. The fraction of sp³-hybridized carbons (Fsp3) is 0.300. The molecule has 0 atom stereocenters. The van der Waals surface area contributed by atoms with E-state index < -0.39 is 16.0 Å². The lowest BCUT2D eigenvalue weighted by atomic mass is 10.3. The zero-order chi connectivity index (χ0) is 12.9. The number of benzene rings is 1. The number of sulfonamides is 1. The topological polar surface area (TPSA) is 92.7 Å². The standard InChI is InChI=1S/C10H13NO5S/c1-11-17(14,15)9-4-2-8(3-5-9)16-7-6-10(12)13/h2-5,11H,6-7H2,1H3,(H,12,13). The van der Waals surface area contributed by atoms with Gasteiger partial charge in [0, 0.05) is 0 Å². The van der Waals surface area contributed by atoms with Gasteiger partial charge in [0.1, 0.15) is 5.75 Å². The van der Waals surface area contributed by atoms with E-state index in [1.54, 1.807) is 0 Å². The van der Waals surface area contributed by atoms with E-state index in [1.807, 2.05) is 0 Å². The molecule has 0 radical (unpaired) electrons. The van der Waals surface area contributed by atoms with Gasteiger partial charge in [-0.1, -0.05) is 0 Å². The van der Waals surface area contributed by atoms with Crippen molar-refractivity contribution in [2.45, 2.75) is 11.3 Å². The lowest BCUT2D eigenvalue weighted by Gasteiger charge is -2.06. The zero-order valence-electron chi connectivity index (χ0n) is 9.21. The minimum atomic E-state index is -3.45. The maximum absolute atomic E-state index is 11.4. The van der Waals surface area contributed by atoms with Crippen molar-refractivity contribution < 1.29 is 23.1 Å². The van der Waals surface area contributed by atoms with Crippen LogP contribution in [0, 0.1) is 0 Å². The summed E-state index contributed by atoms with van der Waals surface area (Å²) in [6, 6.07) is 5.74. The van der Waals surface area contributed by atoms with Crippen LogP contribution in [0.2, 0.25) is 0 Å². The third kappa shape index (κ3) is 4.04. The molecular weight excluding hydrogens is 246 g/mol. The SMILES string of the molecule is CNS(=O)(=O)c1ccc(OCCC(=O)O)cc1. The highest BCUT2D eigenvalue weighted by Gasteiger charge is 2.10. The van der Waals surface area contributed by atoms with Crippen molar-refractivity contribution in [3.63, 3.8) is 0 Å². The van der Waals surface area contributed by atoms with Gasteiger partial charge in [0.15, 0.2) is 0 Å². The number of rotatable bonds is 6. The number of carboxylic acids is 1. The molecule has 0 saturated carbocycles. The van der Waals surface area contributed by atoms with Crippen LogP contribution in [0.25, 0.3) is 0 Å². The average molecular weight is 259 g/mol. The summed E-state index contributed by atoms with van der Waals surface area (Å²) in [6.07, 6.45) is -0.101. The van der Waals surface area contributed by atoms with Crippen LogP contribution >= 0.6 is 0 Å². The second-order valence-corrected chi connectivity index (χ2v) is 5.06. The predicted octanol–water partition coefficient (Wildman–Crippen LogP) is 0.448. The molecular formula is C10H13NO5S. The van der Waals surface area contributed by atoms with Crippen molar-refractivity contribution in [1.82, 2.24) is 4.72 Å². The molecule has 1 rings (SSSR count). The molecule has 0 fully saturated rings. The van der Waals surface area contributed by atoms with E-state index in [9.17, 15) is 13.2 Å².